The van der Waals surface area contributed by atoms with E-state index in [0.717, 1.165) is 30.6 Å². The maximum absolute atomic E-state index is 13.0. The molecule has 3 aliphatic rings. The molecule has 3 aliphatic heterocycles. The third-order valence-electron chi connectivity index (χ3n) is 6.55. The van der Waals surface area contributed by atoms with Gasteiger partial charge in [-0.05, 0) is 42.3 Å². The Morgan fingerprint density at radius 2 is 1.79 bits per heavy atom. The zero-order valence-electron chi connectivity index (χ0n) is 16.4. The summed E-state index contributed by atoms with van der Waals surface area (Å²) in [6.45, 7) is 3.38. The first kappa shape index (κ1) is 18.2. The Balaban J connectivity index is 1.41. The first-order chi connectivity index (χ1) is 14.2. The summed E-state index contributed by atoms with van der Waals surface area (Å²) in [5.41, 5.74) is 4.34. The highest BCUT2D eigenvalue weighted by molar-refractivity contribution is 5.95. The molecule has 0 aromatic heterocycles. The second-order valence-corrected chi connectivity index (χ2v) is 8.15. The average molecular weight is 390 g/mol. The Morgan fingerprint density at radius 1 is 1.00 bits per heavy atom. The maximum Gasteiger partial charge on any atom is 0.253 e. The largest absolute Gasteiger partial charge is 0.378 e. The Hall–Kier alpha value is -2.86. The molecule has 2 amide bonds. The lowest BCUT2D eigenvalue weighted by atomic mass is 9.80. The minimum atomic E-state index is 0.0538. The molecule has 2 fully saturated rings. The van der Waals surface area contributed by atoms with E-state index in [0.29, 0.717) is 32.1 Å². The van der Waals surface area contributed by atoms with Crippen molar-refractivity contribution in [1.29, 1.82) is 0 Å². The molecule has 5 rings (SSSR count). The first-order valence-electron chi connectivity index (χ1n) is 10.4. The van der Waals surface area contributed by atoms with E-state index in [1.807, 2.05) is 11.0 Å². The number of nitrogens with one attached hydrogen (secondary N) is 2. The highest BCUT2D eigenvalue weighted by atomic mass is 16.2. The molecule has 6 heteroatoms. The van der Waals surface area contributed by atoms with Crippen molar-refractivity contribution in [3.8, 4) is 0 Å². The zero-order valence-corrected chi connectivity index (χ0v) is 16.4. The van der Waals surface area contributed by atoms with E-state index in [2.05, 4.69) is 53.1 Å². The lowest BCUT2D eigenvalue weighted by molar-refractivity contribution is -0.119. The molecular weight excluding hydrogens is 364 g/mol. The number of fused-ring (bicyclic) bond motifs is 3. The summed E-state index contributed by atoms with van der Waals surface area (Å²) < 4.78 is 0. The molecule has 6 nitrogen and oxygen atoms in total. The van der Waals surface area contributed by atoms with Crippen molar-refractivity contribution in [1.82, 2.24) is 15.1 Å². The number of piperazine rings is 1. The first-order valence-corrected chi connectivity index (χ1v) is 10.4. The summed E-state index contributed by atoms with van der Waals surface area (Å²) in [5.74, 6) is 0.518. The van der Waals surface area contributed by atoms with Gasteiger partial charge in [0.15, 0.2) is 0 Å². The molecule has 2 saturated heterocycles. The molecule has 2 N–H and O–H groups in total. The van der Waals surface area contributed by atoms with Gasteiger partial charge in [0, 0.05) is 49.4 Å². The molecule has 29 heavy (non-hydrogen) atoms. The van der Waals surface area contributed by atoms with Gasteiger partial charge in [0.05, 0.1) is 6.04 Å². The molecule has 0 spiro atoms. The van der Waals surface area contributed by atoms with Gasteiger partial charge in [0.1, 0.15) is 0 Å². The molecule has 2 aromatic rings. The fraction of sp³-hybridized carbons (Fsp3) is 0.391. The van der Waals surface area contributed by atoms with Crippen LogP contribution in [0.5, 0.6) is 0 Å². The van der Waals surface area contributed by atoms with E-state index in [4.69, 9.17) is 0 Å². The van der Waals surface area contributed by atoms with E-state index in [1.54, 1.807) is 4.90 Å². The summed E-state index contributed by atoms with van der Waals surface area (Å²) in [7, 11) is 0. The van der Waals surface area contributed by atoms with E-state index in [1.165, 1.54) is 11.1 Å². The average Bonchev–Trinajstić information content (AvgIpc) is 3.29. The maximum atomic E-state index is 13.0. The molecule has 3 unspecified atom stereocenters. The fourth-order valence-corrected chi connectivity index (χ4v) is 4.99. The Labute approximate surface area is 170 Å². The van der Waals surface area contributed by atoms with Crippen molar-refractivity contribution in [3.63, 3.8) is 0 Å². The molecule has 0 radical (unpaired) electrons. The molecular formula is C23H26N4O2. The van der Waals surface area contributed by atoms with Gasteiger partial charge in [-0.1, -0.05) is 30.3 Å². The Morgan fingerprint density at radius 3 is 2.55 bits per heavy atom. The van der Waals surface area contributed by atoms with Crippen LogP contribution in [-0.4, -0.2) is 54.8 Å². The van der Waals surface area contributed by atoms with Gasteiger partial charge in [-0.15, -0.1) is 0 Å². The van der Waals surface area contributed by atoms with Crippen molar-refractivity contribution in [2.75, 3.05) is 38.0 Å². The smallest absolute Gasteiger partial charge is 0.253 e. The summed E-state index contributed by atoms with van der Waals surface area (Å²) in [6.07, 6.45) is 1.98. The van der Waals surface area contributed by atoms with Crippen LogP contribution in [-0.2, 0) is 4.79 Å². The Kier molecular flexibility index (Phi) is 4.72. The lowest BCUT2D eigenvalue weighted by Gasteiger charge is -2.38. The predicted molar refractivity (Wildman–Crippen MR) is 112 cm³/mol. The minimum Gasteiger partial charge on any atom is -0.378 e. The summed E-state index contributed by atoms with van der Waals surface area (Å²) >= 11 is 0. The van der Waals surface area contributed by atoms with Gasteiger partial charge in [0.25, 0.3) is 5.91 Å². The van der Waals surface area contributed by atoms with Crippen molar-refractivity contribution < 1.29 is 9.59 Å². The number of anilines is 1. The third kappa shape index (κ3) is 3.27. The molecule has 3 atom stereocenters. The number of rotatable bonds is 3. The van der Waals surface area contributed by atoms with Crippen LogP contribution >= 0.6 is 0 Å². The molecule has 0 saturated carbocycles. The van der Waals surface area contributed by atoms with Crippen LogP contribution in [0.15, 0.2) is 48.5 Å². The van der Waals surface area contributed by atoms with Gasteiger partial charge in [-0.2, -0.15) is 0 Å². The van der Waals surface area contributed by atoms with Crippen molar-refractivity contribution in [2.24, 2.45) is 5.92 Å². The van der Waals surface area contributed by atoms with Gasteiger partial charge >= 0.3 is 0 Å². The summed E-state index contributed by atoms with van der Waals surface area (Å²) in [6, 6.07) is 17.2. The van der Waals surface area contributed by atoms with Crippen LogP contribution in [0.3, 0.4) is 0 Å². The SMILES string of the molecule is O=CN1CCN(C(=O)c2ccc3c(c2)C2NCCC2C(c2ccccc2)N3)CC1. The van der Waals surface area contributed by atoms with Crippen LogP contribution in [0.2, 0.25) is 0 Å². The molecule has 2 aromatic carbocycles. The van der Waals surface area contributed by atoms with Gasteiger partial charge < -0.3 is 20.4 Å². The van der Waals surface area contributed by atoms with Gasteiger partial charge in [0.2, 0.25) is 6.41 Å². The number of amides is 2. The van der Waals surface area contributed by atoms with Crippen LogP contribution in [0, 0.1) is 5.92 Å². The highest BCUT2D eigenvalue weighted by Gasteiger charge is 2.40. The Bertz CT molecular complexity index is 908. The lowest BCUT2D eigenvalue weighted by Crippen LogP contribution is -2.48. The van der Waals surface area contributed by atoms with Crippen molar-refractivity contribution >= 4 is 18.0 Å². The van der Waals surface area contributed by atoms with Crippen LogP contribution in [0.25, 0.3) is 0 Å². The third-order valence-corrected chi connectivity index (χ3v) is 6.55. The number of carbonyl (C=O) groups excluding carboxylic acids is 2. The van der Waals surface area contributed by atoms with Crippen molar-refractivity contribution in [3.05, 3.63) is 65.2 Å². The molecule has 150 valence electrons. The minimum absolute atomic E-state index is 0.0538. The number of carbonyl (C=O) groups is 2. The van der Waals surface area contributed by atoms with Crippen LogP contribution in [0.4, 0.5) is 5.69 Å². The van der Waals surface area contributed by atoms with Crippen molar-refractivity contribution in [2.45, 2.75) is 18.5 Å². The molecule has 0 bridgehead atoms. The standard InChI is InChI=1S/C23H26N4O2/c28-15-26-10-12-27(13-11-26)23(29)17-6-7-20-19(14-17)22-18(8-9-24-22)21(25-20)16-4-2-1-3-5-16/h1-7,14-15,18,21-22,24-25H,8-13H2. The summed E-state index contributed by atoms with van der Waals surface area (Å²) in [4.78, 5) is 27.5. The van der Waals surface area contributed by atoms with E-state index in [9.17, 15) is 9.59 Å². The zero-order chi connectivity index (χ0) is 19.8. The van der Waals surface area contributed by atoms with Crippen LogP contribution in [0.1, 0.15) is 40.0 Å². The van der Waals surface area contributed by atoms with E-state index >= 15 is 0 Å². The number of hydrogen-bond acceptors (Lipinski definition) is 4. The molecule has 3 heterocycles. The van der Waals surface area contributed by atoms with Crippen LogP contribution < -0.4 is 10.6 Å². The number of hydrogen-bond donors (Lipinski definition) is 2. The highest BCUT2D eigenvalue weighted by Crippen LogP contribution is 2.47. The normalized spacial score (nSPS) is 25.7. The second kappa shape index (κ2) is 7.52. The quantitative estimate of drug-likeness (QED) is 0.790. The van der Waals surface area contributed by atoms with E-state index in [-0.39, 0.29) is 18.0 Å². The number of benzene rings is 2. The van der Waals surface area contributed by atoms with Gasteiger partial charge in [-0.25, -0.2) is 0 Å². The monoisotopic (exact) mass is 390 g/mol. The van der Waals surface area contributed by atoms with Gasteiger partial charge in [-0.3, -0.25) is 9.59 Å². The molecule has 0 aliphatic carbocycles. The number of nitrogens with zero attached hydrogens (tertiary/aromatic N) is 2. The predicted octanol–water partition coefficient (Wildman–Crippen LogP) is 2.42. The second-order valence-electron chi connectivity index (χ2n) is 8.15. The topological polar surface area (TPSA) is 64.7 Å². The van der Waals surface area contributed by atoms with E-state index < -0.39 is 0 Å². The fourth-order valence-electron chi connectivity index (χ4n) is 4.99. The summed E-state index contributed by atoms with van der Waals surface area (Å²) in [5, 5.41) is 7.40.